The first-order valence-electron chi connectivity index (χ1n) is 9.39. The van der Waals surface area contributed by atoms with Gasteiger partial charge in [0.2, 0.25) is 0 Å². The number of anilines is 1. The van der Waals surface area contributed by atoms with E-state index in [1.165, 1.54) is 11.3 Å². The van der Waals surface area contributed by atoms with Gasteiger partial charge in [0, 0.05) is 30.9 Å². The summed E-state index contributed by atoms with van der Waals surface area (Å²) in [5.74, 6) is 1.08. The van der Waals surface area contributed by atoms with Crippen LogP contribution in [0.1, 0.15) is 36.7 Å². The highest BCUT2D eigenvalue weighted by atomic mass is 16.5. The highest BCUT2D eigenvalue weighted by molar-refractivity contribution is 5.94. The van der Waals surface area contributed by atoms with E-state index in [0.29, 0.717) is 23.6 Å². The van der Waals surface area contributed by atoms with Crippen molar-refractivity contribution in [2.24, 2.45) is 0 Å². The molecule has 2 rings (SSSR count). The highest BCUT2D eigenvalue weighted by Gasteiger charge is 2.12. The molecular formula is C22H30N2O3. The average molecular weight is 370 g/mol. The van der Waals surface area contributed by atoms with E-state index >= 15 is 0 Å². The number of rotatable bonds is 9. The van der Waals surface area contributed by atoms with Crippen LogP contribution in [0.5, 0.6) is 11.5 Å². The largest absolute Gasteiger partial charge is 0.493 e. The van der Waals surface area contributed by atoms with Crippen LogP contribution in [0.2, 0.25) is 0 Å². The van der Waals surface area contributed by atoms with Gasteiger partial charge in [-0.1, -0.05) is 12.1 Å². The van der Waals surface area contributed by atoms with Crippen LogP contribution in [0, 0.1) is 6.92 Å². The number of hydrogen-bond acceptors (Lipinski definition) is 4. The van der Waals surface area contributed by atoms with Crippen LogP contribution >= 0.6 is 0 Å². The maximum atomic E-state index is 12.5. The Kier molecular flexibility index (Phi) is 7.53. The summed E-state index contributed by atoms with van der Waals surface area (Å²) in [5.41, 5.74) is 2.95. The van der Waals surface area contributed by atoms with E-state index in [0.717, 1.165) is 13.1 Å². The van der Waals surface area contributed by atoms with Crippen molar-refractivity contribution in [3.05, 3.63) is 53.6 Å². The summed E-state index contributed by atoms with van der Waals surface area (Å²) < 4.78 is 11.0. The van der Waals surface area contributed by atoms with E-state index in [1.807, 2.05) is 13.8 Å². The molecule has 1 amide bonds. The fourth-order valence-corrected chi connectivity index (χ4v) is 2.86. The number of aryl methyl sites for hydroxylation is 1. The third kappa shape index (κ3) is 5.91. The minimum atomic E-state index is -0.121. The second-order valence-electron chi connectivity index (χ2n) is 6.71. The Bertz CT molecular complexity index is 759. The number of nitrogens with zero attached hydrogens (tertiary/aromatic N) is 1. The molecule has 2 aromatic rings. The SMILES string of the molecule is CCN(CCNC(=O)c1ccc(OC(C)C)c(OC)c1)c1cccc(C)c1. The van der Waals surface area contributed by atoms with E-state index in [-0.39, 0.29) is 12.0 Å². The summed E-state index contributed by atoms with van der Waals surface area (Å²) in [4.78, 5) is 14.7. The molecule has 0 saturated carbocycles. The summed E-state index contributed by atoms with van der Waals surface area (Å²) in [6.45, 7) is 10.3. The number of amides is 1. The lowest BCUT2D eigenvalue weighted by Crippen LogP contribution is -2.35. The summed E-state index contributed by atoms with van der Waals surface area (Å²) in [7, 11) is 1.57. The van der Waals surface area contributed by atoms with Crippen LogP contribution < -0.4 is 19.7 Å². The molecule has 0 spiro atoms. The van der Waals surface area contributed by atoms with Crippen LogP contribution in [0.15, 0.2) is 42.5 Å². The van der Waals surface area contributed by atoms with E-state index in [1.54, 1.807) is 25.3 Å². The average Bonchev–Trinajstić information content (AvgIpc) is 2.65. The third-order valence-electron chi connectivity index (χ3n) is 4.20. The van der Waals surface area contributed by atoms with Gasteiger partial charge in [-0.25, -0.2) is 0 Å². The zero-order chi connectivity index (χ0) is 19.8. The Morgan fingerprint density at radius 2 is 1.93 bits per heavy atom. The number of carbonyl (C=O) groups excluding carboxylic acids is 1. The van der Waals surface area contributed by atoms with Crippen LogP contribution in [-0.4, -0.2) is 38.8 Å². The van der Waals surface area contributed by atoms with Crippen molar-refractivity contribution in [3.63, 3.8) is 0 Å². The predicted molar refractivity (Wildman–Crippen MR) is 110 cm³/mol. The second-order valence-corrected chi connectivity index (χ2v) is 6.71. The van der Waals surface area contributed by atoms with Gasteiger partial charge in [-0.2, -0.15) is 0 Å². The molecule has 2 aromatic carbocycles. The molecule has 0 fully saturated rings. The van der Waals surface area contributed by atoms with Crippen molar-refractivity contribution in [1.82, 2.24) is 5.32 Å². The van der Waals surface area contributed by atoms with Crippen molar-refractivity contribution < 1.29 is 14.3 Å². The molecule has 0 aliphatic carbocycles. The monoisotopic (exact) mass is 370 g/mol. The molecule has 0 saturated heterocycles. The standard InChI is InChI=1S/C22H30N2O3/c1-6-24(19-9-7-8-17(4)14-19)13-12-23-22(25)18-10-11-20(27-16(2)3)21(15-18)26-5/h7-11,14-16H,6,12-13H2,1-5H3,(H,23,25). The van der Waals surface area contributed by atoms with Gasteiger partial charge >= 0.3 is 0 Å². The number of methoxy groups -OCH3 is 1. The Labute approximate surface area is 162 Å². The van der Waals surface area contributed by atoms with Gasteiger partial charge < -0.3 is 19.7 Å². The van der Waals surface area contributed by atoms with Gasteiger partial charge in [0.25, 0.3) is 5.91 Å². The topological polar surface area (TPSA) is 50.8 Å². The maximum Gasteiger partial charge on any atom is 0.251 e. The quantitative estimate of drug-likeness (QED) is 0.724. The zero-order valence-electron chi connectivity index (χ0n) is 16.9. The number of likely N-dealkylation sites (N-methyl/N-ethyl adjacent to an activating group) is 1. The Morgan fingerprint density at radius 1 is 1.15 bits per heavy atom. The van der Waals surface area contributed by atoms with Crippen molar-refractivity contribution >= 4 is 11.6 Å². The van der Waals surface area contributed by atoms with Gasteiger partial charge in [0.05, 0.1) is 13.2 Å². The smallest absolute Gasteiger partial charge is 0.251 e. The Balaban J connectivity index is 1.96. The van der Waals surface area contributed by atoms with Crippen LogP contribution in [0.3, 0.4) is 0 Å². The van der Waals surface area contributed by atoms with Crippen LogP contribution in [-0.2, 0) is 0 Å². The molecule has 5 nitrogen and oxygen atoms in total. The van der Waals surface area contributed by atoms with Crippen molar-refractivity contribution in [2.75, 3.05) is 31.6 Å². The fraction of sp³-hybridized carbons (Fsp3) is 0.409. The number of nitrogens with one attached hydrogen (secondary N) is 1. The number of hydrogen-bond donors (Lipinski definition) is 1. The van der Waals surface area contributed by atoms with Crippen LogP contribution in [0.25, 0.3) is 0 Å². The Hall–Kier alpha value is -2.69. The maximum absolute atomic E-state index is 12.5. The molecular weight excluding hydrogens is 340 g/mol. The van der Waals surface area contributed by atoms with Gasteiger partial charge in [-0.15, -0.1) is 0 Å². The molecule has 0 unspecified atom stereocenters. The molecule has 0 heterocycles. The zero-order valence-corrected chi connectivity index (χ0v) is 16.9. The lowest BCUT2D eigenvalue weighted by molar-refractivity contribution is 0.0954. The molecule has 0 atom stereocenters. The van der Waals surface area contributed by atoms with Crippen molar-refractivity contribution in [1.29, 1.82) is 0 Å². The lowest BCUT2D eigenvalue weighted by atomic mass is 10.2. The summed E-state index contributed by atoms with van der Waals surface area (Å²) in [6.07, 6.45) is 0.0419. The van der Waals surface area contributed by atoms with Crippen molar-refractivity contribution in [2.45, 2.75) is 33.8 Å². The fourth-order valence-electron chi connectivity index (χ4n) is 2.86. The summed E-state index contributed by atoms with van der Waals surface area (Å²) >= 11 is 0. The van der Waals surface area contributed by atoms with E-state index in [9.17, 15) is 4.79 Å². The minimum absolute atomic E-state index is 0.0419. The third-order valence-corrected chi connectivity index (χ3v) is 4.20. The lowest BCUT2D eigenvalue weighted by Gasteiger charge is -2.23. The molecule has 0 bridgehead atoms. The van der Waals surface area contributed by atoms with Gasteiger partial charge in [-0.05, 0) is 63.6 Å². The molecule has 0 aliphatic rings. The molecule has 1 N–H and O–H groups in total. The molecule has 0 radical (unpaired) electrons. The first-order chi connectivity index (χ1) is 12.9. The van der Waals surface area contributed by atoms with Gasteiger partial charge in [0.15, 0.2) is 11.5 Å². The molecule has 146 valence electrons. The first-order valence-corrected chi connectivity index (χ1v) is 9.39. The predicted octanol–water partition coefficient (Wildman–Crippen LogP) is 4.05. The van der Waals surface area contributed by atoms with E-state index in [2.05, 4.69) is 48.3 Å². The first kappa shape index (κ1) is 20.6. The molecule has 0 aliphatic heterocycles. The van der Waals surface area contributed by atoms with E-state index < -0.39 is 0 Å². The van der Waals surface area contributed by atoms with E-state index in [4.69, 9.17) is 9.47 Å². The Morgan fingerprint density at radius 3 is 2.56 bits per heavy atom. The number of carbonyl (C=O) groups is 1. The summed E-state index contributed by atoms with van der Waals surface area (Å²) in [5, 5.41) is 2.98. The summed E-state index contributed by atoms with van der Waals surface area (Å²) in [6, 6.07) is 13.6. The molecule has 0 aromatic heterocycles. The van der Waals surface area contributed by atoms with Crippen LogP contribution in [0.4, 0.5) is 5.69 Å². The number of benzene rings is 2. The highest BCUT2D eigenvalue weighted by Crippen LogP contribution is 2.29. The van der Waals surface area contributed by atoms with Gasteiger partial charge in [0.1, 0.15) is 0 Å². The van der Waals surface area contributed by atoms with Gasteiger partial charge in [-0.3, -0.25) is 4.79 Å². The molecule has 27 heavy (non-hydrogen) atoms. The normalized spacial score (nSPS) is 10.6. The van der Waals surface area contributed by atoms with Crippen molar-refractivity contribution in [3.8, 4) is 11.5 Å². The number of ether oxygens (including phenoxy) is 2. The minimum Gasteiger partial charge on any atom is -0.493 e. The second kappa shape index (κ2) is 9.86. The molecule has 5 heteroatoms.